The smallest absolute Gasteiger partial charge is 0.136 e. The highest BCUT2D eigenvalue weighted by Gasteiger charge is 2.14. The molecule has 2 heterocycles. The fraction of sp³-hybridized carbons (Fsp3) is 0. The van der Waals surface area contributed by atoms with E-state index >= 15 is 0 Å². The zero-order chi connectivity index (χ0) is 23.2. The zero-order valence-corrected chi connectivity index (χ0v) is 15.3. The van der Waals surface area contributed by atoms with Crippen LogP contribution >= 0.6 is 22.9 Å². The maximum absolute atomic E-state index is 8.70. The minimum absolute atomic E-state index is 0.0138. The van der Waals surface area contributed by atoms with Crippen molar-refractivity contribution in [3.63, 3.8) is 0 Å². The van der Waals surface area contributed by atoms with Gasteiger partial charge in [0.1, 0.15) is 11.2 Å². The van der Waals surface area contributed by atoms with Crippen LogP contribution in [0.1, 0.15) is 8.22 Å². The number of hydrogen-bond donors (Lipinski definition) is 0. The predicted molar refractivity (Wildman–Crippen MR) is 117 cm³/mol. The molecule has 0 atom stereocenters. The van der Waals surface area contributed by atoms with Crippen molar-refractivity contribution in [2.75, 3.05) is 0 Å². The highest BCUT2D eigenvalue weighted by Crippen LogP contribution is 2.40. The third-order valence-corrected chi connectivity index (χ3v) is 6.05. The molecule has 0 saturated carbocycles. The van der Waals surface area contributed by atoms with E-state index in [4.69, 9.17) is 24.2 Å². The van der Waals surface area contributed by atoms with Gasteiger partial charge < -0.3 is 4.42 Å². The summed E-state index contributed by atoms with van der Waals surface area (Å²) in [6, 6.07) is 12.3. The Labute approximate surface area is 172 Å². The van der Waals surface area contributed by atoms with Crippen LogP contribution in [0.15, 0.2) is 83.1 Å². The lowest BCUT2D eigenvalue weighted by Gasteiger charge is -2.05. The van der Waals surface area contributed by atoms with Gasteiger partial charge in [-0.2, -0.15) is 0 Å². The first-order valence-electron chi connectivity index (χ1n) is 11.3. The van der Waals surface area contributed by atoms with Gasteiger partial charge in [0.2, 0.25) is 0 Å². The number of benzene rings is 4. The van der Waals surface area contributed by atoms with Crippen molar-refractivity contribution in [2.45, 2.75) is 0 Å². The van der Waals surface area contributed by atoms with Gasteiger partial charge in [0.25, 0.3) is 0 Å². The minimum atomic E-state index is -0.310. The van der Waals surface area contributed by atoms with Crippen LogP contribution in [0, 0.1) is 0 Å². The molecular formula is C24H13ClOS. The molecule has 0 radical (unpaired) electrons. The molecule has 0 aliphatic carbocycles. The maximum atomic E-state index is 8.70. The van der Waals surface area contributed by atoms with Gasteiger partial charge in [0.05, 0.1) is 8.22 Å². The SMILES string of the molecule is [2H]c1c([2H])c(-c2ccc3sc4ccccc4c3c2)c2c(oc3c([2H])c(Cl)c([2H])c([2H])c32)c1[2H]. The number of hydrogen-bond acceptors (Lipinski definition) is 2. The van der Waals surface area contributed by atoms with E-state index in [0.29, 0.717) is 16.5 Å². The van der Waals surface area contributed by atoms with Gasteiger partial charge in [-0.15, -0.1) is 11.3 Å². The highest BCUT2D eigenvalue weighted by atomic mass is 35.5. The van der Waals surface area contributed by atoms with E-state index in [1.165, 1.54) is 0 Å². The van der Waals surface area contributed by atoms with Gasteiger partial charge >= 0.3 is 0 Å². The third-order valence-electron chi connectivity index (χ3n) is 4.71. The fourth-order valence-corrected chi connectivity index (χ4v) is 4.74. The monoisotopic (exact) mass is 390 g/mol. The van der Waals surface area contributed by atoms with Gasteiger partial charge in [0, 0.05) is 42.0 Å². The summed E-state index contributed by atoms with van der Waals surface area (Å²) in [5.41, 5.74) is 0.985. The summed E-state index contributed by atoms with van der Waals surface area (Å²) in [6.07, 6.45) is 0. The van der Waals surface area contributed by atoms with E-state index in [1.807, 2.05) is 36.4 Å². The van der Waals surface area contributed by atoms with Crippen LogP contribution in [-0.4, -0.2) is 0 Å². The standard InChI is InChI=1S/C24H13ClOS/c25-15-9-10-18-21(13-15)26-20-6-3-5-16(24(18)20)14-8-11-23-19(12-14)17-4-1-2-7-22(17)27-23/h1-13H/i3D,5D,6D,9D,10D,13D. The Bertz CT molecular complexity index is 1800. The quantitative estimate of drug-likeness (QED) is 0.275. The average Bonchev–Trinajstić information content (AvgIpc) is 3.39. The van der Waals surface area contributed by atoms with E-state index in [-0.39, 0.29) is 57.8 Å². The van der Waals surface area contributed by atoms with Crippen LogP contribution in [0.25, 0.3) is 53.2 Å². The zero-order valence-electron chi connectivity index (χ0n) is 19.7. The van der Waals surface area contributed by atoms with Crippen LogP contribution < -0.4 is 0 Å². The summed E-state index contributed by atoms with van der Waals surface area (Å²) in [5.74, 6) is 0. The number of thiophene rings is 1. The van der Waals surface area contributed by atoms with Gasteiger partial charge in [-0.25, -0.2) is 0 Å². The topological polar surface area (TPSA) is 13.1 Å². The van der Waals surface area contributed by atoms with Gasteiger partial charge in [0.15, 0.2) is 0 Å². The molecule has 0 saturated heterocycles. The molecule has 2 aromatic heterocycles. The van der Waals surface area contributed by atoms with E-state index in [2.05, 4.69) is 6.07 Å². The van der Waals surface area contributed by atoms with Crippen LogP contribution in [0.5, 0.6) is 0 Å². The lowest BCUT2D eigenvalue weighted by atomic mass is 9.98. The second-order valence-electron chi connectivity index (χ2n) is 6.26. The second kappa shape index (κ2) is 5.59. The second-order valence-corrected chi connectivity index (χ2v) is 7.72. The molecular weight excluding hydrogens is 372 g/mol. The molecule has 1 nitrogen and oxygen atoms in total. The number of halogens is 1. The van der Waals surface area contributed by atoms with Crippen LogP contribution in [0.3, 0.4) is 0 Å². The lowest BCUT2D eigenvalue weighted by molar-refractivity contribution is 0.669. The van der Waals surface area contributed by atoms with Gasteiger partial charge in [-0.1, -0.05) is 48.0 Å². The molecule has 27 heavy (non-hydrogen) atoms. The molecule has 0 aliphatic rings. The van der Waals surface area contributed by atoms with E-state index in [0.717, 1.165) is 20.2 Å². The summed E-state index contributed by atoms with van der Waals surface area (Å²) in [7, 11) is 0. The Kier molecular flexibility index (Phi) is 2.18. The first kappa shape index (κ1) is 10.5. The van der Waals surface area contributed by atoms with Crippen LogP contribution in [0.4, 0.5) is 0 Å². The van der Waals surface area contributed by atoms with Crippen molar-refractivity contribution in [1.82, 2.24) is 0 Å². The third kappa shape index (κ3) is 2.24. The fourth-order valence-electron chi connectivity index (χ4n) is 3.52. The largest absolute Gasteiger partial charge is 0.456 e. The molecule has 0 aliphatic heterocycles. The van der Waals surface area contributed by atoms with Crippen molar-refractivity contribution < 1.29 is 12.6 Å². The summed E-state index contributed by atoms with van der Waals surface area (Å²) in [6.45, 7) is 0. The Hall–Kier alpha value is -2.81. The normalized spacial score (nSPS) is 15.0. The molecule has 0 unspecified atom stereocenters. The van der Waals surface area contributed by atoms with E-state index < -0.39 is 0 Å². The van der Waals surface area contributed by atoms with Crippen LogP contribution in [0.2, 0.25) is 5.02 Å². The Balaban J connectivity index is 1.82. The van der Waals surface area contributed by atoms with Crippen molar-refractivity contribution >= 4 is 65.0 Å². The Morgan fingerprint density at radius 2 is 1.74 bits per heavy atom. The van der Waals surface area contributed by atoms with Crippen molar-refractivity contribution in [3.8, 4) is 11.1 Å². The van der Waals surface area contributed by atoms with Gasteiger partial charge in [-0.3, -0.25) is 0 Å². The summed E-state index contributed by atoms with van der Waals surface area (Å²) >= 11 is 7.75. The van der Waals surface area contributed by atoms with Crippen molar-refractivity contribution in [1.29, 1.82) is 0 Å². The summed E-state index contributed by atoms with van der Waals surface area (Å²) in [4.78, 5) is 0. The molecule has 4 aromatic carbocycles. The van der Waals surface area contributed by atoms with E-state index in [1.54, 1.807) is 11.3 Å². The summed E-state index contributed by atoms with van der Waals surface area (Å²) < 4.78 is 58.4. The molecule has 0 fully saturated rings. The number of furan rings is 1. The van der Waals surface area contributed by atoms with Crippen molar-refractivity contribution in [3.05, 3.63) is 83.7 Å². The molecule has 0 spiro atoms. The molecule has 6 rings (SSSR count). The van der Waals surface area contributed by atoms with Gasteiger partial charge in [-0.05, 0) is 47.5 Å². The Morgan fingerprint density at radius 3 is 2.70 bits per heavy atom. The summed E-state index contributed by atoms with van der Waals surface area (Å²) in [5, 5.41) is 2.34. The number of rotatable bonds is 1. The van der Waals surface area contributed by atoms with Crippen molar-refractivity contribution in [2.24, 2.45) is 0 Å². The highest BCUT2D eigenvalue weighted by molar-refractivity contribution is 7.25. The molecule has 0 amide bonds. The van der Waals surface area contributed by atoms with Crippen LogP contribution in [-0.2, 0) is 0 Å². The molecule has 128 valence electrons. The maximum Gasteiger partial charge on any atom is 0.136 e. The lowest BCUT2D eigenvalue weighted by Crippen LogP contribution is -1.79. The average molecular weight is 391 g/mol. The Morgan fingerprint density at radius 1 is 0.852 bits per heavy atom. The van der Waals surface area contributed by atoms with E-state index in [9.17, 15) is 0 Å². The first-order chi connectivity index (χ1) is 15.8. The predicted octanol–water partition coefficient (Wildman–Crippen LogP) is 8.27. The number of fused-ring (bicyclic) bond motifs is 6. The first-order valence-corrected chi connectivity index (χ1v) is 9.52. The molecule has 0 N–H and O–H groups in total. The molecule has 6 aromatic rings. The molecule has 0 bridgehead atoms. The minimum Gasteiger partial charge on any atom is -0.456 e. The molecule has 3 heteroatoms.